The number of hydrogen-bond donors (Lipinski definition) is 1. The van der Waals surface area contributed by atoms with Crippen molar-refractivity contribution in [1.82, 2.24) is 0 Å². The lowest BCUT2D eigenvalue weighted by Gasteiger charge is -2.18. The van der Waals surface area contributed by atoms with Gasteiger partial charge in [-0.25, -0.2) is 0 Å². The molecule has 0 bridgehead atoms. The van der Waals surface area contributed by atoms with E-state index in [9.17, 15) is 5.11 Å². The molecule has 2 aliphatic rings. The highest BCUT2D eigenvalue weighted by atomic mass is 16.5. The van der Waals surface area contributed by atoms with Crippen molar-refractivity contribution in [3.05, 3.63) is 29.3 Å². The molecule has 1 heterocycles. The Morgan fingerprint density at radius 3 is 3.00 bits per heavy atom. The number of hydrogen-bond acceptors (Lipinski definition) is 2. The van der Waals surface area contributed by atoms with Crippen LogP contribution in [0.5, 0.6) is 5.75 Å². The molecule has 1 aromatic carbocycles. The molecule has 2 nitrogen and oxygen atoms in total. The van der Waals surface area contributed by atoms with Crippen molar-refractivity contribution in [2.75, 3.05) is 6.61 Å². The third-order valence-electron chi connectivity index (χ3n) is 3.33. The number of benzene rings is 1. The number of ether oxygens (including phenoxy) is 1. The van der Waals surface area contributed by atoms with E-state index in [1.807, 2.05) is 0 Å². The molecule has 0 unspecified atom stereocenters. The molecule has 0 aromatic heterocycles. The van der Waals surface area contributed by atoms with Gasteiger partial charge in [0, 0.05) is 6.42 Å². The number of fused-ring (bicyclic) bond motifs is 1. The Bertz CT molecular complexity index is 380. The Morgan fingerprint density at radius 1 is 1.33 bits per heavy atom. The average molecular weight is 204 g/mol. The van der Waals surface area contributed by atoms with Gasteiger partial charge in [-0.1, -0.05) is 12.1 Å². The van der Waals surface area contributed by atoms with E-state index < -0.39 is 0 Å². The van der Waals surface area contributed by atoms with Gasteiger partial charge in [0.1, 0.15) is 5.75 Å². The molecule has 0 radical (unpaired) electrons. The number of rotatable bonds is 2. The topological polar surface area (TPSA) is 29.5 Å². The molecule has 15 heavy (non-hydrogen) atoms. The highest BCUT2D eigenvalue weighted by Gasteiger charge is 2.40. The van der Waals surface area contributed by atoms with Gasteiger partial charge < -0.3 is 9.84 Å². The maximum Gasteiger partial charge on any atom is 0.122 e. The fraction of sp³-hybridized carbons (Fsp3) is 0.538. The highest BCUT2D eigenvalue weighted by Crippen LogP contribution is 2.39. The molecule has 1 aromatic rings. The summed E-state index contributed by atoms with van der Waals surface area (Å²) in [5.41, 5.74) is 2.17. The Labute approximate surface area is 89.9 Å². The summed E-state index contributed by atoms with van der Waals surface area (Å²) in [7, 11) is 0. The van der Waals surface area contributed by atoms with Crippen LogP contribution in [0.2, 0.25) is 0 Å². The lowest BCUT2D eigenvalue weighted by atomic mass is 9.99. The van der Waals surface area contributed by atoms with E-state index in [0.717, 1.165) is 44.5 Å². The maximum absolute atomic E-state index is 9.86. The van der Waals surface area contributed by atoms with E-state index in [4.69, 9.17) is 4.74 Å². The summed E-state index contributed by atoms with van der Waals surface area (Å²) in [4.78, 5) is 0. The molecule has 1 aliphatic heterocycles. The van der Waals surface area contributed by atoms with Crippen molar-refractivity contribution in [2.24, 2.45) is 0 Å². The largest absolute Gasteiger partial charge is 0.493 e. The van der Waals surface area contributed by atoms with E-state index >= 15 is 0 Å². The lowest BCUT2D eigenvalue weighted by molar-refractivity contribution is 0.151. The second kappa shape index (κ2) is 3.24. The van der Waals surface area contributed by atoms with Gasteiger partial charge in [-0.15, -0.1) is 0 Å². The third-order valence-corrected chi connectivity index (χ3v) is 3.33. The van der Waals surface area contributed by atoms with E-state index in [-0.39, 0.29) is 5.60 Å². The fourth-order valence-corrected chi connectivity index (χ4v) is 2.22. The van der Waals surface area contributed by atoms with Crippen molar-refractivity contribution in [3.8, 4) is 5.75 Å². The minimum Gasteiger partial charge on any atom is -0.493 e. The van der Waals surface area contributed by atoms with Crippen molar-refractivity contribution in [1.29, 1.82) is 0 Å². The van der Waals surface area contributed by atoms with Crippen molar-refractivity contribution >= 4 is 0 Å². The van der Waals surface area contributed by atoms with Crippen molar-refractivity contribution < 1.29 is 9.84 Å². The molecule has 1 aliphatic carbocycles. The molecular weight excluding hydrogens is 188 g/mol. The molecule has 1 fully saturated rings. The summed E-state index contributed by atoms with van der Waals surface area (Å²) in [6, 6.07) is 6.33. The van der Waals surface area contributed by atoms with E-state index in [0.29, 0.717) is 0 Å². The van der Waals surface area contributed by atoms with Crippen LogP contribution >= 0.6 is 0 Å². The zero-order valence-electron chi connectivity index (χ0n) is 8.83. The summed E-state index contributed by atoms with van der Waals surface area (Å²) >= 11 is 0. The molecule has 1 N–H and O–H groups in total. The molecule has 0 spiro atoms. The molecule has 0 saturated heterocycles. The molecular formula is C13H16O2. The van der Waals surface area contributed by atoms with Crippen LogP contribution in [-0.2, 0) is 12.8 Å². The second-order valence-corrected chi connectivity index (χ2v) is 4.80. The minimum absolute atomic E-state index is 0.385. The van der Waals surface area contributed by atoms with E-state index in [1.165, 1.54) is 11.1 Å². The second-order valence-electron chi connectivity index (χ2n) is 4.80. The molecule has 1 saturated carbocycles. The van der Waals surface area contributed by atoms with Gasteiger partial charge >= 0.3 is 0 Å². The standard InChI is InChI=1S/C13H16O2/c14-13(5-6-13)9-10-3-4-12-11(8-10)2-1-7-15-12/h3-4,8,14H,1-2,5-7,9H2. The van der Waals surface area contributed by atoms with Gasteiger partial charge in [0.05, 0.1) is 12.2 Å². The maximum atomic E-state index is 9.86. The molecule has 2 heteroatoms. The van der Waals surface area contributed by atoms with Crippen LogP contribution in [0.4, 0.5) is 0 Å². The summed E-state index contributed by atoms with van der Waals surface area (Å²) < 4.78 is 5.56. The molecule has 0 amide bonds. The summed E-state index contributed by atoms with van der Waals surface area (Å²) in [6.07, 6.45) is 4.95. The molecule has 3 rings (SSSR count). The lowest BCUT2D eigenvalue weighted by Crippen LogP contribution is -2.12. The van der Waals surface area contributed by atoms with Gasteiger partial charge in [0.25, 0.3) is 0 Å². The SMILES string of the molecule is OC1(Cc2ccc3c(c2)CCCO3)CC1. The van der Waals surface area contributed by atoms with E-state index in [2.05, 4.69) is 18.2 Å². The summed E-state index contributed by atoms with van der Waals surface area (Å²) in [5, 5.41) is 9.86. The first kappa shape index (κ1) is 9.22. The number of aryl methyl sites for hydroxylation is 1. The van der Waals surface area contributed by atoms with Crippen LogP contribution in [0.1, 0.15) is 30.4 Å². The normalized spacial score (nSPS) is 21.7. The first-order valence-corrected chi connectivity index (χ1v) is 5.72. The zero-order valence-corrected chi connectivity index (χ0v) is 8.83. The third kappa shape index (κ3) is 1.86. The van der Waals surface area contributed by atoms with Gasteiger partial charge in [0.2, 0.25) is 0 Å². The average Bonchev–Trinajstić information content (AvgIpc) is 2.96. The predicted molar refractivity (Wildman–Crippen MR) is 58.1 cm³/mol. The van der Waals surface area contributed by atoms with Gasteiger partial charge in [-0.3, -0.25) is 0 Å². The Hall–Kier alpha value is -1.02. The monoisotopic (exact) mass is 204 g/mol. The van der Waals surface area contributed by atoms with Gasteiger partial charge in [-0.05, 0) is 42.9 Å². The molecule has 80 valence electrons. The summed E-state index contributed by atoms with van der Waals surface area (Å²) in [5.74, 6) is 1.03. The van der Waals surface area contributed by atoms with Crippen molar-refractivity contribution in [3.63, 3.8) is 0 Å². The fourth-order valence-electron chi connectivity index (χ4n) is 2.22. The van der Waals surface area contributed by atoms with Crippen LogP contribution in [0.15, 0.2) is 18.2 Å². The Morgan fingerprint density at radius 2 is 2.20 bits per heavy atom. The van der Waals surface area contributed by atoms with Crippen LogP contribution < -0.4 is 4.74 Å². The Balaban J connectivity index is 1.84. The minimum atomic E-state index is -0.385. The van der Waals surface area contributed by atoms with Gasteiger partial charge in [0.15, 0.2) is 0 Å². The number of aliphatic hydroxyl groups is 1. The van der Waals surface area contributed by atoms with Crippen molar-refractivity contribution in [2.45, 2.75) is 37.7 Å². The van der Waals surface area contributed by atoms with Crippen LogP contribution in [0, 0.1) is 0 Å². The van der Waals surface area contributed by atoms with Gasteiger partial charge in [-0.2, -0.15) is 0 Å². The smallest absolute Gasteiger partial charge is 0.122 e. The Kier molecular flexibility index (Phi) is 1.99. The van der Waals surface area contributed by atoms with E-state index in [1.54, 1.807) is 0 Å². The predicted octanol–water partition coefficient (Wildman–Crippen LogP) is 2.08. The van der Waals surface area contributed by atoms with Crippen LogP contribution in [0.25, 0.3) is 0 Å². The highest BCUT2D eigenvalue weighted by molar-refractivity contribution is 5.39. The van der Waals surface area contributed by atoms with Crippen LogP contribution in [0.3, 0.4) is 0 Å². The molecule has 0 atom stereocenters. The first-order chi connectivity index (χ1) is 7.25. The van der Waals surface area contributed by atoms with Crippen LogP contribution in [-0.4, -0.2) is 17.3 Å². The summed E-state index contributed by atoms with van der Waals surface area (Å²) in [6.45, 7) is 0.844. The zero-order chi connectivity index (χ0) is 10.3. The first-order valence-electron chi connectivity index (χ1n) is 5.72. The quantitative estimate of drug-likeness (QED) is 0.799.